The number of hydrogen-bond acceptors (Lipinski definition) is 1. The zero-order chi connectivity index (χ0) is 16.2. The maximum Gasteiger partial charge on any atom is 0.0708 e. The maximum absolute atomic E-state index is 4.57. The fourth-order valence-electron chi connectivity index (χ4n) is 3.06. The first-order valence-electron chi connectivity index (χ1n) is 8.09. The van der Waals surface area contributed by atoms with E-state index in [1.165, 1.54) is 22.3 Å². The minimum atomic E-state index is 0.995. The summed E-state index contributed by atoms with van der Waals surface area (Å²) in [6, 6.07) is 33.6. The average Bonchev–Trinajstić information content (AvgIpc) is 2.69. The molecule has 0 unspecified atom stereocenters. The molecule has 1 heterocycles. The van der Waals surface area contributed by atoms with Crippen molar-refractivity contribution in [3.63, 3.8) is 0 Å². The van der Waals surface area contributed by atoms with Crippen LogP contribution < -0.4 is 0 Å². The summed E-state index contributed by atoms with van der Waals surface area (Å²) in [5, 5.41) is 0. The number of nitrogens with zero attached hydrogens (tertiary/aromatic N) is 1. The molecule has 1 nitrogen and oxygen atoms in total. The smallest absolute Gasteiger partial charge is 0.0708 e. The Labute approximate surface area is 142 Å². The van der Waals surface area contributed by atoms with Gasteiger partial charge in [-0.2, -0.15) is 0 Å². The second-order valence-corrected chi connectivity index (χ2v) is 5.68. The van der Waals surface area contributed by atoms with Crippen molar-refractivity contribution < 1.29 is 0 Å². The standard InChI is InChI=1S/C23H17N/c1-3-10-18(11-4-1)20-14-9-15-21(22-16-7-8-17-24-22)23(20)19-12-5-2-6-13-19/h1-17H. The summed E-state index contributed by atoms with van der Waals surface area (Å²) < 4.78 is 0. The third-order valence-electron chi connectivity index (χ3n) is 4.15. The zero-order valence-corrected chi connectivity index (χ0v) is 13.3. The van der Waals surface area contributed by atoms with Crippen LogP contribution in [0.25, 0.3) is 33.5 Å². The maximum atomic E-state index is 4.57. The van der Waals surface area contributed by atoms with Crippen LogP contribution in [0.1, 0.15) is 0 Å². The lowest BCUT2D eigenvalue weighted by Crippen LogP contribution is -1.91. The molecule has 0 aliphatic carbocycles. The topological polar surface area (TPSA) is 12.9 Å². The molecule has 0 fully saturated rings. The van der Waals surface area contributed by atoms with Gasteiger partial charge in [0.15, 0.2) is 0 Å². The predicted octanol–water partition coefficient (Wildman–Crippen LogP) is 6.08. The van der Waals surface area contributed by atoms with E-state index in [4.69, 9.17) is 0 Å². The predicted molar refractivity (Wildman–Crippen MR) is 101 cm³/mol. The molecule has 0 aliphatic rings. The van der Waals surface area contributed by atoms with Crippen LogP contribution in [0.3, 0.4) is 0 Å². The van der Waals surface area contributed by atoms with Crippen LogP contribution in [0, 0.1) is 0 Å². The molecule has 0 saturated carbocycles. The van der Waals surface area contributed by atoms with E-state index >= 15 is 0 Å². The summed E-state index contributed by atoms with van der Waals surface area (Å²) in [5.41, 5.74) is 7.02. The molecular formula is C23H17N. The highest BCUT2D eigenvalue weighted by Gasteiger charge is 2.13. The highest BCUT2D eigenvalue weighted by Crippen LogP contribution is 2.39. The van der Waals surface area contributed by atoms with Gasteiger partial charge in [0.2, 0.25) is 0 Å². The Morgan fingerprint density at radius 1 is 0.458 bits per heavy atom. The lowest BCUT2D eigenvalue weighted by molar-refractivity contribution is 1.33. The first-order chi connectivity index (χ1) is 11.9. The Morgan fingerprint density at radius 2 is 1.08 bits per heavy atom. The highest BCUT2D eigenvalue weighted by molar-refractivity contribution is 5.93. The van der Waals surface area contributed by atoms with Crippen LogP contribution >= 0.6 is 0 Å². The van der Waals surface area contributed by atoms with E-state index in [2.05, 4.69) is 83.8 Å². The number of pyridine rings is 1. The van der Waals surface area contributed by atoms with Gasteiger partial charge in [-0.3, -0.25) is 4.98 Å². The summed E-state index contributed by atoms with van der Waals surface area (Å²) in [5.74, 6) is 0. The van der Waals surface area contributed by atoms with Crippen LogP contribution in [0.5, 0.6) is 0 Å². The minimum absolute atomic E-state index is 0.995. The van der Waals surface area contributed by atoms with Crippen molar-refractivity contribution in [1.29, 1.82) is 0 Å². The molecule has 0 aliphatic heterocycles. The van der Waals surface area contributed by atoms with Crippen LogP contribution in [-0.2, 0) is 0 Å². The first-order valence-corrected chi connectivity index (χ1v) is 8.09. The first kappa shape index (κ1) is 14.4. The number of benzene rings is 3. The molecular weight excluding hydrogens is 290 g/mol. The Bertz CT molecular complexity index is 872. The van der Waals surface area contributed by atoms with Gasteiger partial charge < -0.3 is 0 Å². The van der Waals surface area contributed by atoms with Crippen LogP contribution in [-0.4, -0.2) is 4.98 Å². The molecule has 0 saturated heterocycles. The van der Waals surface area contributed by atoms with Crippen molar-refractivity contribution in [2.24, 2.45) is 0 Å². The normalized spacial score (nSPS) is 10.5. The van der Waals surface area contributed by atoms with Crippen molar-refractivity contribution in [1.82, 2.24) is 4.98 Å². The lowest BCUT2D eigenvalue weighted by atomic mass is 9.89. The molecule has 24 heavy (non-hydrogen) atoms. The quantitative estimate of drug-likeness (QED) is 0.447. The third-order valence-corrected chi connectivity index (χ3v) is 4.15. The summed E-state index contributed by atoms with van der Waals surface area (Å²) in [6.07, 6.45) is 1.85. The largest absolute Gasteiger partial charge is 0.256 e. The van der Waals surface area contributed by atoms with Gasteiger partial charge in [0.1, 0.15) is 0 Å². The molecule has 4 aromatic rings. The summed E-state index contributed by atoms with van der Waals surface area (Å²) in [7, 11) is 0. The van der Waals surface area contributed by atoms with Crippen molar-refractivity contribution in [3.8, 4) is 33.5 Å². The monoisotopic (exact) mass is 307 g/mol. The van der Waals surface area contributed by atoms with Gasteiger partial charge in [-0.15, -0.1) is 0 Å². The van der Waals surface area contributed by atoms with Crippen LogP contribution in [0.15, 0.2) is 103 Å². The summed E-state index contributed by atoms with van der Waals surface area (Å²) >= 11 is 0. The average molecular weight is 307 g/mol. The van der Waals surface area contributed by atoms with Crippen molar-refractivity contribution >= 4 is 0 Å². The zero-order valence-electron chi connectivity index (χ0n) is 13.3. The Balaban J connectivity index is 2.02. The molecule has 4 rings (SSSR count). The van der Waals surface area contributed by atoms with Gasteiger partial charge in [-0.1, -0.05) is 84.9 Å². The summed E-state index contributed by atoms with van der Waals surface area (Å²) in [6.45, 7) is 0. The second-order valence-electron chi connectivity index (χ2n) is 5.68. The van der Waals surface area contributed by atoms with E-state index in [-0.39, 0.29) is 0 Å². The van der Waals surface area contributed by atoms with E-state index in [9.17, 15) is 0 Å². The van der Waals surface area contributed by atoms with E-state index in [0.717, 1.165) is 11.3 Å². The SMILES string of the molecule is c1ccc(-c2cccc(-c3ccccn3)c2-c2ccccc2)cc1. The molecule has 0 atom stereocenters. The van der Waals surface area contributed by atoms with E-state index in [1.807, 2.05) is 24.4 Å². The third kappa shape index (κ3) is 2.72. The highest BCUT2D eigenvalue weighted by atomic mass is 14.7. The van der Waals surface area contributed by atoms with Gasteiger partial charge >= 0.3 is 0 Å². The van der Waals surface area contributed by atoms with Crippen LogP contribution in [0.4, 0.5) is 0 Å². The van der Waals surface area contributed by atoms with E-state index in [0.29, 0.717) is 0 Å². The van der Waals surface area contributed by atoms with Crippen LogP contribution in [0.2, 0.25) is 0 Å². The summed E-state index contributed by atoms with van der Waals surface area (Å²) in [4.78, 5) is 4.57. The number of rotatable bonds is 3. The van der Waals surface area contributed by atoms with Crippen molar-refractivity contribution in [3.05, 3.63) is 103 Å². The van der Waals surface area contributed by atoms with Gasteiger partial charge in [-0.05, 0) is 34.4 Å². The van der Waals surface area contributed by atoms with Gasteiger partial charge in [-0.25, -0.2) is 0 Å². The molecule has 114 valence electrons. The fourth-order valence-corrected chi connectivity index (χ4v) is 3.06. The van der Waals surface area contributed by atoms with E-state index in [1.54, 1.807) is 0 Å². The van der Waals surface area contributed by atoms with Gasteiger partial charge in [0.25, 0.3) is 0 Å². The second kappa shape index (κ2) is 6.51. The van der Waals surface area contributed by atoms with Gasteiger partial charge in [0, 0.05) is 11.8 Å². The Morgan fingerprint density at radius 3 is 1.75 bits per heavy atom. The van der Waals surface area contributed by atoms with Gasteiger partial charge in [0.05, 0.1) is 5.69 Å². The number of aromatic nitrogens is 1. The molecule has 1 heteroatoms. The molecule has 3 aromatic carbocycles. The Kier molecular flexibility index (Phi) is 3.91. The van der Waals surface area contributed by atoms with Crippen molar-refractivity contribution in [2.75, 3.05) is 0 Å². The molecule has 0 spiro atoms. The minimum Gasteiger partial charge on any atom is -0.256 e. The molecule has 1 aromatic heterocycles. The van der Waals surface area contributed by atoms with Crippen molar-refractivity contribution in [2.45, 2.75) is 0 Å². The molecule has 0 radical (unpaired) electrons. The fraction of sp³-hybridized carbons (Fsp3) is 0. The molecule has 0 amide bonds. The van der Waals surface area contributed by atoms with E-state index < -0.39 is 0 Å². The molecule has 0 bridgehead atoms. The Hall–Kier alpha value is -3.19. The number of hydrogen-bond donors (Lipinski definition) is 0. The molecule has 0 N–H and O–H groups in total. The lowest BCUT2D eigenvalue weighted by Gasteiger charge is -2.15.